The molecular formula is C13H11N3O3S. The predicted molar refractivity (Wildman–Crippen MR) is 71.4 cm³/mol. The molecule has 0 saturated heterocycles. The molecule has 0 aliphatic heterocycles. The number of hydrogen-bond acceptors (Lipinski definition) is 5. The average Bonchev–Trinajstić information content (AvgIpc) is 3.10. The van der Waals surface area contributed by atoms with Gasteiger partial charge < -0.3 is 4.42 Å². The molecule has 0 atom stereocenters. The van der Waals surface area contributed by atoms with Crippen molar-refractivity contribution < 1.29 is 12.8 Å². The molecule has 3 rings (SSSR count). The zero-order valence-corrected chi connectivity index (χ0v) is 11.2. The third-order valence-electron chi connectivity index (χ3n) is 2.75. The van der Waals surface area contributed by atoms with Crippen molar-refractivity contribution in [2.45, 2.75) is 10.8 Å². The Balaban J connectivity index is 1.95. The Labute approximate surface area is 115 Å². The Morgan fingerprint density at radius 1 is 1.10 bits per heavy atom. The maximum atomic E-state index is 12.3. The van der Waals surface area contributed by atoms with Gasteiger partial charge >= 0.3 is 0 Å². The van der Waals surface area contributed by atoms with Crippen LogP contribution < -0.4 is 0 Å². The van der Waals surface area contributed by atoms with Gasteiger partial charge in [-0.3, -0.25) is 0 Å². The summed E-state index contributed by atoms with van der Waals surface area (Å²) in [5.41, 5.74) is 0. The van der Waals surface area contributed by atoms with Gasteiger partial charge in [0.15, 0.2) is 21.4 Å². The quantitative estimate of drug-likeness (QED) is 0.733. The van der Waals surface area contributed by atoms with Gasteiger partial charge in [0, 0.05) is 0 Å². The lowest BCUT2D eigenvalue weighted by atomic mass is 10.4. The Morgan fingerprint density at radius 3 is 2.60 bits per heavy atom. The fraction of sp³-hybridized carbons (Fsp3) is 0.0769. The highest BCUT2D eigenvalue weighted by atomic mass is 32.2. The van der Waals surface area contributed by atoms with E-state index in [1.54, 1.807) is 42.5 Å². The van der Waals surface area contributed by atoms with Gasteiger partial charge in [-0.25, -0.2) is 18.1 Å². The molecule has 2 heterocycles. The predicted octanol–water partition coefficient (Wildman–Crippen LogP) is 1.97. The number of sulfone groups is 1. The molecule has 3 aromatic rings. The van der Waals surface area contributed by atoms with E-state index in [4.69, 9.17) is 4.42 Å². The molecule has 102 valence electrons. The average molecular weight is 289 g/mol. The van der Waals surface area contributed by atoms with E-state index in [2.05, 4.69) is 10.1 Å². The number of benzene rings is 1. The monoisotopic (exact) mass is 289 g/mol. The first kappa shape index (κ1) is 12.6. The molecular weight excluding hydrogens is 278 g/mol. The molecule has 0 bridgehead atoms. The van der Waals surface area contributed by atoms with Gasteiger partial charge in [-0.15, -0.1) is 0 Å². The molecule has 20 heavy (non-hydrogen) atoms. The standard InChI is InChI=1S/C13H11N3O3S/c17-20(18,11-5-2-1-3-6-11)10-16-13(14-9-15-16)12-7-4-8-19-12/h1-9H,10H2. The Kier molecular flexibility index (Phi) is 3.11. The zero-order valence-electron chi connectivity index (χ0n) is 10.4. The highest BCUT2D eigenvalue weighted by molar-refractivity contribution is 7.90. The van der Waals surface area contributed by atoms with Gasteiger partial charge in [-0.2, -0.15) is 5.10 Å². The van der Waals surface area contributed by atoms with Crippen LogP contribution in [0.3, 0.4) is 0 Å². The van der Waals surface area contributed by atoms with Crippen LogP contribution in [0.25, 0.3) is 11.6 Å². The summed E-state index contributed by atoms with van der Waals surface area (Å²) >= 11 is 0. The van der Waals surface area contributed by atoms with Crippen LogP contribution in [0.15, 0.2) is 64.4 Å². The van der Waals surface area contributed by atoms with Crippen LogP contribution in [0.2, 0.25) is 0 Å². The second kappa shape index (κ2) is 4.93. The number of nitrogens with zero attached hydrogens (tertiary/aromatic N) is 3. The molecule has 0 fully saturated rings. The highest BCUT2D eigenvalue weighted by Crippen LogP contribution is 2.19. The summed E-state index contributed by atoms with van der Waals surface area (Å²) in [6.07, 6.45) is 2.80. The smallest absolute Gasteiger partial charge is 0.198 e. The van der Waals surface area contributed by atoms with Gasteiger partial charge in [-0.1, -0.05) is 18.2 Å². The highest BCUT2D eigenvalue weighted by Gasteiger charge is 2.19. The number of rotatable bonds is 4. The van der Waals surface area contributed by atoms with Crippen LogP contribution >= 0.6 is 0 Å². The van der Waals surface area contributed by atoms with Crippen molar-refractivity contribution in [2.75, 3.05) is 0 Å². The van der Waals surface area contributed by atoms with Gasteiger partial charge in [0.05, 0.1) is 11.2 Å². The molecule has 0 N–H and O–H groups in total. The fourth-order valence-electron chi connectivity index (χ4n) is 1.82. The Morgan fingerprint density at radius 2 is 1.90 bits per heavy atom. The summed E-state index contributed by atoms with van der Waals surface area (Å²) in [4.78, 5) is 4.28. The summed E-state index contributed by atoms with van der Waals surface area (Å²) in [5, 5.41) is 3.95. The van der Waals surface area contributed by atoms with Crippen molar-refractivity contribution in [1.29, 1.82) is 0 Å². The summed E-state index contributed by atoms with van der Waals surface area (Å²) in [6.45, 7) is 0. The van der Waals surface area contributed by atoms with Crippen LogP contribution in [-0.4, -0.2) is 23.2 Å². The lowest BCUT2D eigenvalue weighted by Crippen LogP contribution is -2.13. The second-order valence-corrected chi connectivity index (χ2v) is 6.08. The Bertz CT molecular complexity index is 793. The normalized spacial score (nSPS) is 11.6. The van der Waals surface area contributed by atoms with Crippen molar-refractivity contribution in [3.8, 4) is 11.6 Å². The molecule has 0 radical (unpaired) electrons. The first-order chi connectivity index (χ1) is 9.67. The van der Waals surface area contributed by atoms with Crippen molar-refractivity contribution >= 4 is 9.84 Å². The van der Waals surface area contributed by atoms with Crippen LogP contribution in [0.1, 0.15) is 0 Å². The first-order valence-electron chi connectivity index (χ1n) is 5.86. The molecule has 0 saturated carbocycles. The van der Waals surface area contributed by atoms with Gasteiger partial charge in [0.1, 0.15) is 12.2 Å². The van der Waals surface area contributed by atoms with E-state index < -0.39 is 9.84 Å². The molecule has 7 heteroatoms. The van der Waals surface area contributed by atoms with Crippen molar-refractivity contribution in [3.63, 3.8) is 0 Å². The van der Waals surface area contributed by atoms with E-state index in [0.717, 1.165) is 0 Å². The molecule has 0 unspecified atom stereocenters. The molecule has 0 amide bonds. The number of hydrogen-bond donors (Lipinski definition) is 0. The number of furan rings is 1. The lowest BCUT2D eigenvalue weighted by molar-refractivity contribution is 0.559. The zero-order chi connectivity index (χ0) is 14.0. The summed E-state index contributed by atoms with van der Waals surface area (Å²) in [7, 11) is -3.48. The first-order valence-corrected chi connectivity index (χ1v) is 7.51. The van der Waals surface area contributed by atoms with E-state index in [1.807, 2.05) is 0 Å². The summed E-state index contributed by atoms with van der Waals surface area (Å²) in [6, 6.07) is 11.7. The topological polar surface area (TPSA) is 78.0 Å². The number of aromatic nitrogens is 3. The minimum Gasteiger partial charge on any atom is -0.461 e. The van der Waals surface area contributed by atoms with E-state index in [1.165, 1.54) is 17.3 Å². The van der Waals surface area contributed by atoms with Crippen molar-refractivity contribution in [2.24, 2.45) is 0 Å². The fourth-order valence-corrected chi connectivity index (χ4v) is 3.05. The largest absolute Gasteiger partial charge is 0.461 e. The third-order valence-corrected chi connectivity index (χ3v) is 4.33. The molecule has 0 aliphatic carbocycles. The van der Waals surface area contributed by atoms with Gasteiger partial charge in [0.2, 0.25) is 0 Å². The van der Waals surface area contributed by atoms with E-state index >= 15 is 0 Å². The SMILES string of the molecule is O=S(=O)(Cn1ncnc1-c1ccco1)c1ccccc1. The van der Waals surface area contributed by atoms with Gasteiger partial charge in [0.25, 0.3) is 0 Å². The van der Waals surface area contributed by atoms with Crippen molar-refractivity contribution in [1.82, 2.24) is 14.8 Å². The van der Waals surface area contributed by atoms with E-state index in [9.17, 15) is 8.42 Å². The molecule has 6 nitrogen and oxygen atoms in total. The minimum atomic E-state index is -3.48. The molecule has 0 spiro atoms. The second-order valence-electron chi connectivity index (χ2n) is 4.12. The molecule has 2 aromatic heterocycles. The maximum Gasteiger partial charge on any atom is 0.198 e. The summed E-state index contributed by atoms with van der Waals surface area (Å²) < 4.78 is 31.1. The van der Waals surface area contributed by atoms with Crippen LogP contribution in [-0.2, 0) is 15.7 Å². The van der Waals surface area contributed by atoms with Crippen LogP contribution in [0, 0.1) is 0 Å². The van der Waals surface area contributed by atoms with Crippen molar-refractivity contribution in [3.05, 3.63) is 55.1 Å². The third kappa shape index (κ3) is 2.35. The van der Waals surface area contributed by atoms with E-state index in [-0.39, 0.29) is 10.8 Å². The summed E-state index contributed by atoms with van der Waals surface area (Å²) in [5.74, 6) is 0.577. The lowest BCUT2D eigenvalue weighted by Gasteiger charge is -2.06. The van der Waals surface area contributed by atoms with Crippen LogP contribution in [0.4, 0.5) is 0 Å². The van der Waals surface area contributed by atoms with E-state index in [0.29, 0.717) is 11.6 Å². The molecule has 0 aliphatic rings. The van der Waals surface area contributed by atoms with Gasteiger partial charge in [-0.05, 0) is 24.3 Å². The minimum absolute atomic E-state index is 0.251. The van der Waals surface area contributed by atoms with Crippen LogP contribution in [0.5, 0.6) is 0 Å². The Hall–Kier alpha value is -2.41. The maximum absolute atomic E-state index is 12.3. The molecule has 1 aromatic carbocycles.